The van der Waals surface area contributed by atoms with E-state index < -0.39 is 15.9 Å². The fourth-order valence-electron chi connectivity index (χ4n) is 2.09. The molecule has 8 heteroatoms. The first-order chi connectivity index (χ1) is 12.8. The van der Waals surface area contributed by atoms with Gasteiger partial charge in [-0.2, -0.15) is 0 Å². The lowest BCUT2D eigenvalue weighted by Crippen LogP contribution is -2.57. The lowest BCUT2D eigenvalue weighted by molar-refractivity contribution is -0.117. The zero-order valence-corrected chi connectivity index (χ0v) is 17.2. The van der Waals surface area contributed by atoms with E-state index in [-0.39, 0.29) is 5.11 Å². The molecule has 2 aromatic rings. The molecule has 2 aromatic carbocycles. The molecule has 0 heterocycles. The van der Waals surface area contributed by atoms with Gasteiger partial charge in [-0.25, -0.2) is 0 Å². The number of thiocarbonyl (C=S) groups is 1. The second kappa shape index (κ2) is 10.5. The summed E-state index contributed by atoms with van der Waals surface area (Å²) >= 11 is 23.1. The van der Waals surface area contributed by atoms with Gasteiger partial charge in [0.05, 0.1) is 0 Å². The molecule has 0 aliphatic carbocycles. The number of benzene rings is 2. The number of hydrogen-bond acceptors (Lipinski definition) is 2. The molecular formula is C19H18Cl3N3OS. The average molecular weight is 443 g/mol. The number of nitrogens with one attached hydrogen (secondary N) is 3. The van der Waals surface area contributed by atoms with Crippen molar-refractivity contribution in [3.05, 3.63) is 77.9 Å². The van der Waals surface area contributed by atoms with Gasteiger partial charge >= 0.3 is 0 Å². The van der Waals surface area contributed by atoms with Crippen LogP contribution in [-0.4, -0.2) is 21.0 Å². The van der Waals surface area contributed by atoms with E-state index in [0.29, 0.717) is 6.54 Å². The van der Waals surface area contributed by atoms with Crippen LogP contribution in [-0.2, 0) is 11.3 Å². The minimum atomic E-state index is -1.80. The molecule has 0 aliphatic rings. The van der Waals surface area contributed by atoms with E-state index in [1.807, 2.05) is 60.7 Å². The number of carbonyl (C=O) groups is 1. The van der Waals surface area contributed by atoms with Crippen molar-refractivity contribution in [1.82, 2.24) is 16.0 Å². The first kappa shape index (κ1) is 21.5. The number of amides is 1. The van der Waals surface area contributed by atoms with Crippen molar-refractivity contribution in [2.75, 3.05) is 0 Å². The van der Waals surface area contributed by atoms with E-state index in [2.05, 4.69) is 16.0 Å². The number of alkyl halides is 3. The molecule has 1 unspecified atom stereocenters. The van der Waals surface area contributed by atoms with Crippen molar-refractivity contribution in [3.63, 3.8) is 0 Å². The predicted molar refractivity (Wildman–Crippen MR) is 117 cm³/mol. The third-order valence-electron chi connectivity index (χ3n) is 3.41. The summed E-state index contributed by atoms with van der Waals surface area (Å²) in [7, 11) is 0. The summed E-state index contributed by atoms with van der Waals surface area (Å²) in [4.78, 5) is 12.2. The number of rotatable bonds is 6. The molecule has 142 valence electrons. The molecular weight excluding hydrogens is 425 g/mol. The second-order valence-corrected chi connectivity index (χ2v) is 8.32. The maximum absolute atomic E-state index is 12.2. The van der Waals surface area contributed by atoms with Gasteiger partial charge in [-0.3, -0.25) is 4.79 Å². The van der Waals surface area contributed by atoms with Crippen LogP contribution in [0, 0.1) is 0 Å². The Labute approximate surface area is 178 Å². The zero-order chi connectivity index (χ0) is 19.7. The lowest BCUT2D eigenvalue weighted by Gasteiger charge is -2.27. The summed E-state index contributed by atoms with van der Waals surface area (Å²) < 4.78 is -1.80. The van der Waals surface area contributed by atoms with E-state index in [1.165, 1.54) is 6.08 Å². The molecule has 1 amide bonds. The van der Waals surface area contributed by atoms with Gasteiger partial charge in [0.1, 0.15) is 6.17 Å². The van der Waals surface area contributed by atoms with Crippen LogP contribution in [0.15, 0.2) is 66.7 Å². The molecule has 0 spiro atoms. The van der Waals surface area contributed by atoms with E-state index in [4.69, 9.17) is 47.0 Å². The Morgan fingerprint density at radius 2 is 1.59 bits per heavy atom. The van der Waals surface area contributed by atoms with Crippen LogP contribution in [0.5, 0.6) is 0 Å². The van der Waals surface area contributed by atoms with Crippen molar-refractivity contribution < 1.29 is 4.79 Å². The summed E-state index contributed by atoms with van der Waals surface area (Å²) in [5.74, 6) is -0.423. The van der Waals surface area contributed by atoms with Crippen molar-refractivity contribution in [1.29, 1.82) is 0 Å². The SMILES string of the molecule is O=C(/C=C/c1ccccc1)NC(NC(=S)NCc1ccccc1)C(Cl)(Cl)Cl. The molecule has 4 nitrogen and oxygen atoms in total. The van der Waals surface area contributed by atoms with Crippen LogP contribution in [0.4, 0.5) is 0 Å². The van der Waals surface area contributed by atoms with Gasteiger partial charge in [-0.15, -0.1) is 0 Å². The molecule has 2 rings (SSSR count). The van der Waals surface area contributed by atoms with Crippen molar-refractivity contribution in [2.45, 2.75) is 16.5 Å². The number of hydrogen-bond donors (Lipinski definition) is 3. The van der Waals surface area contributed by atoms with E-state index in [1.54, 1.807) is 6.08 Å². The predicted octanol–water partition coefficient (Wildman–Crippen LogP) is 4.18. The minimum absolute atomic E-state index is 0.252. The summed E-state index contributed by atoms with van der Waals surface area (Å²) in [6.07, 6.45) is 2.02. The quantitative estimate of drug-likeness (QED) is 0.272. The standard InChI is InChI=1S/C19H18Cl3N3OS/c20-19(21,22)17(24-16(26)12-11-14-7-3-1-4-8-14)25-18(27)23-13-15-9-5-2-6-10-15/h1-12,17H,13H2,(H,24,26)(H2,23,25,27)/b12-11+. The normalized spacial score (nSPS) is 12.4. The van der Waals surface area contributed by atoms with Crippen LogP contribution in [0.25, 0.3) is 6.08 Å². The fraction of sp³-hybridized carbons (Fsp3) is 0.158. The Kier molecular flexibility index (Phi) is 8.38. The maximum atomic E-state index is 12.2. The topological polar surface area (TPSA) is 53.2 Å². The van der Waals surface area contributed by atoms with Crippen LogP contribution in [0.3, 0.4) is 0 Å². The molecule has 0 aromatic heterocycles. The Balaban J connectivity index is 1.91. The maximum Gasteiger partial charge on any atom is 0.245 e. The van der Waals surface area contributed by atoms with E-state index >= 15 is 0 Å². The number of halogens is 3. The van der Waals surface area contributed by atoms with Gasteiger partial charge in [-0.05, 0) is 29.4 Å². The summed E-state index contributed by atoms with van der Waals surface area (Å²) in [5.41, 5.74) is 1.92. The smallest absolute Gasteiger partial charge is 0.245 e. The molecule has 0 aliphatic heterocycles. The zero-order valence-electron chi connectivity index (χ0n) is 14.2. The van der Waals surface area contributed by atoms with Gasteiger partial charge in [0.25, 0.3) is 0 Å². The Bertz CT molecular complexity index is 780. The monoisotopic (exact) mass is 441 g/mol. The highest BCUT2D eigenvalue weighted by atomic mass is 35.6. The van der Waals surface area contributed by atoms with Crippen molar-refractivity contribution >= 4 is 64.1 Å². The largest absolute Gasteiger partial charge is 0.359 e. The summed E-state index contributed by atoms with van der Waals surface area (Å²) in [6.45, 7) is 0.501. The molecule has 0 saturated carbocycles. The van der Waals surface area contributed by atoms with Gasteiger partial charge in [0.2, 0.25) is 9.70 Å². The highest BCUT2D eigenvalue weighted by molar-refractivity contribution is 7.80. The van der Waals surface area contributed by atoms with Gasteiger partial charge < -0.3 is 16.0 Å². The highest BCUT2D eigenvalue weighted by Crippen LogP contribution is 2.29. The molecule has 0 bridgehead atoms. The first-order valence-electron chi connectivity index (χ1n) is 8.03. The second-order valence-electron chi connectivity index (χ2n) is 5.54. The minimum Gasteiger partial charge on any atom is -0.359 e. The van der Waals surface area contributed by atoms with Crippen LogP contribution in [0.2, 0.25) is 0 Å². The molecule has 0 saturated heterocycles. The first-order valence-corrected chi connectivity index (χ1v) is 9.57. The third kappa shape index (κ3) is 8.18. The van der Waals surface area contributed by atoms with Crippen molar-refractivity contribution in [2.24, 2.45) is 0 Å². The van der Waals surface area contributed by atoms with Crippen LogP contribution < -0.4 is 16.0 Å². The highest BCUT2D eigenvalue weighted by Gasteiger charge is 2.34. The molecule has 27 heavy (non-hydrogen) atoms. The average Bonchev–Trinajstić information content (AvgIpc) is 2.65. The molecule has 1 atom stereocenters. The van der Waals surface area contributed by atoms with E-state index in [9.17, 15) is 4.79 Å². The Morgan fingerprint density at radius 1 is 1.00 bits per heavy atom. The molecule has 0 radical (unpaired) electrons. The lowest BCUT2D eigenvalue weighted by atomic mass is 10.2. The summed E-state index contributed by atoms with van der Waals surface area (Å²) in [6, 6.07) is 19.1. The summed E-state index contributed by atoms with van der Waals surface area (Å²) in [5, 5.41) is 8.67. The number of carbonyl (C=O) groups excluding carboxylic acids is 1. The fourth-order valence-corrected chi connectivity index (χ4v) is 2.60. The van der Waals surface area contributed by atoms with E-state index in [0.717, 1.165) is 11.1 Å². The van der Waals surface area contributed by atoms with Gasteiger partial charge in [-0.1, -0.05) is 95.5 Å². The van der Waals surface area contributed by atoms with Crippen LogP contribution in [0.1, 0.15) is 11.1 Å². The van der Waals surface area contributed by atoms with Gasteiger partial charge in [0.15, 0.2) is 5.11 Å². The van der Waals surface area contributed by atoms with Gasteiger partial charge in [0, 0.05) is 12.6 Å². The van der Waals surface area contributed by atoms with Crippen molar-refractivity contribution in [3.8, 4) is 0 Å². The molecule has 3 N–H and O–H groups in total. The third-order valence-corrected chi connectivity index (χ3v) is 4.33. The van der Waals surface area contributed by atoms with Crippen LogP contribution >= 0.6 is 47.0 Å². The Morgan fingerprint density at radius 3 is 2.19 bits per heavy atom. The Hall–Kier alpha value is -1.79. The molecule has 0 fully saturated rings.